The van der Waals surface area contributed by atoms with Crippen LogP contribution in [0.25, 0.3) is 22.5 Å². The molecule has 6 nitrogen and oxygen atoms in total. The first-order chi connectivity index (χ1) is 16.6. The van der Waals surface area contributed by atoms with Gasteiger partial charge in [-0.1, -0.05) is 19.9 Å². The van der Waals surface area contributed by atoms with Crippen LogP contribution in [-0.4, -0.2) is 50.8 Å². The Morgan fingerprint density at radius 1 is 1.11 bits per heavy atom. The van der Waals surface area contributed by atoms with Gasteiger partial charge < -0.3 is 10.0 Å². The summed E-state index contributed by atoms with van der Waals surface area (Å²) in [7, 11) is 1.85. The van der Waals surface area contributed by atoms with Gasteiger partial charge >= 0.3 is 0 Å². The molecule has 0 amide bonds. The number of hydrogen-bond acceptors (Lipinski definition) is 7. The molecule has 0 saturated heterocycles. The zero-order chi connectivity index (χ0) is 25.0. The molecule has 2 fully saturated rings. The Morgan fingerprint density at radius 2 is 1.91 bits per heavy atom. The van der Waals surface area contributed by atoms with Crippen molar-refractivity contribution in [3.63, 3.8) is 0 Å². The van der Waals surface area contributed by atoms with E-state index in [9.17, 15) is 9.50 Å². The minimum absolute atomic E-state index is 0.0399. The van der Waals surface area contributed by atoms with E-state index in [1.807, 2.05) is 18.2 Å². The molecule has 2 aromatic heterocycles. The molecular formula is C26H29F2N5OS. The zero-order valence-corrected chi connectivity index (χ0v) is 21.1. The molecule has 2 aliphatic carbocycles. The third-order valence-electron chi connectivity index (χ3n) is 7.80. The van der Waals surface area contributed by atoms with Crippen LogP contribution >= 0.6 is 11.8 Å². The summed E-state index contributed by atoms with van der Waals surface area (Å²) in [5.74, 6) is 0.146. The van der Waals surface area contributed by atoms with E-state index in [0.29, 0.717) is 27.5 Å². The largest absolute Gasteiger partial charge is 0.507 e. The Labute approximate surface area is 208 Å². The van der Waals surface area contributed by atoms with Crippen molar-refractivity contribution in [2.24, 2.45) is 10.8 Å². The highest BCUT2D eigenvalue weighted by molar-refractivity contribution is 7.98. The maximum absolute atomic E-state index is 15.5. The van der Waals surface area contributed by atoms with Crippen LogP contribution in [0.1, 0.15) is 39.5 Å². The summed E-state index contributed by atoms with van der Waals surface area (Å²) in [5, 5.41) is 19.8. The van der Waals surface area contributed by atoms with Gasteiger partial charge in [0, 0.05) is 18.5 Å². The molecule has 2 saturated carbocycles. The predicted molar refractivity (Wildman–Crippen MR) is 134 cm³/mol. The van der Waals surface area contributed by atoms with E-state index < -0.39 is 12.1 Å². The van der Waals surface area contributed by atoms with Gasteiger partial charge in [0.15, 0.2) is 11.6 Å². The van der Waals surface area contributed by atoms with E-state index in [0.717, 1.165) is 25.7 Å². The molecule has 1 aromatic carbocycles. The van der Waals surface area contributed by atoms with Crippen molar-refractivity contribution in [2.75, 3.05) is 18.2 Å². The Hall–Kier alpha value is -2.81. The molecule has 2 bridgehead atoms. The van der Waals surface area contributed by atoms with Crippen LogP contribution in [0.15, 0.2) is 41.6 Å². The topological polar surface area (TPSA) is 75.0 Å². The second kappa shape index (κ2) is 8.69. The van der Waals surface area contributed by atoms with Crippen molar-refractivity contribution in [1.29, 1.82) is 0 Å². The minimum Gasteiger partial charge on any atom is -0.507 e. The second-order valence-electron chi connectivity index (χ2n) is 10.5. The van der Waals surface area contributed by atoms with Gasteiger partial charge in [-0.2, -0.15) is 4.39 Å². The number of anilines is 1. The summed E-state index contributed by atoms with van der Waals surface area (Å²) in [6.45, 7) is 4.32. The smallest absolute Gasteiger partial charge is 0.214 e. The number of phenolic OH excluding ortho intramolecular Hbond substituents is 1. The van der Waals surface area contributed by atoms with Crippen LogP contribution in [0.3, 0.4) is 0 Å². The molecule has 3 aromatic rings. The molecular weight excluding hydrogens is 468 g/mol. The summed E-state index contributed by atoms with van der Waals surface area (Å²) in [5.41, 5.74) is 1.53. The molecule has 5 rings (SSSR count). The quantitative estimate of drug-likeness (QED) is 0.347. The van der Waals surface area contributed by atoms with Crippen LogP contribution in [0, 0.1) is 16.8 Å². The lowest BCUT2D eigenvalue weighted by molar-refractivity contribution is 0.0380. The highest BCUT2D eigenvalue weighted by Gasteiger charge is 2.56. The number of rotatable bonds is 5. The molecule has 0 aliphatic heterocycles. The average Bonchev–Trinajstić information content (AvgIpc) is 3.12. The van der Waals surface area contributed by atoms with Gasteiger partial charge in [-0.15, -0.1) is 22.0 Å². The van der Waals surface area contributed by atoms with Crippen molar-refractivity contribution in [3.05, 3.63) is 42.5 Å². The van der Waals surface area contributed by atoms with E-state index in [2.05, 4.69) is 34.0 Å². The van der Waals surface area contributed by atoms with E-state index >= 15 is 4.39 Å². The summed E-state index contributed by atoms with van der Waals surface area (Å²) in [4.78, 5) is 10.1. The summed E-state index contributed by atoms with van der Waals surface area (Å²) < 4.78 is 29.4. The highest BCUT2D eigenvalue weighted by atomic mass is 32.2. The molecule has 184 valence electrons. The molecule has 0 radical (unpaired) electrons. The Morgan fingerprint density at radius 3 is 2.60 bits per heavy atom. The molecule has 9 heteroatoms. The van der Waals surface area contributed by atoms with Crippen LogP contribution in [0.2, 0.25) is 0 Å². The van der Waals surface area contributed by atoms with Gasteiger partial charge in [-0.3, -0.25) is 0 Å². The molecule has 2 aliphatic rings. The number of alkyl halides is 1. The van der Waals surface area contributed by atoms with Crippen molar-refractivity contribution in [2.45, 2.75) is 56.8 Å². The normalized spacial score (nSPS) is 27.7. The highest BCUT2D eigenvalue weighted by Crippen LogP contribution is 2.59. The van der Waals surface area contributed by atoms with Crippen molar-refractivity contribution >= 4 is 17.6 Å². The third-order valence-corrected chi connectivity index (χ3v) is 8.42. The molecule has 1 N–H and O–H groups in total. The Balaban J connectivity index is 1.38. The average molecular weight is 498 g/mol. The van der Waals surface area contributed by atoms with Gasteiger partial charge in [0.1, 0.15) is 11.9 Å². The first-order valence-corrected chi connectivity index (χ1v) is 13.0. The second-order valence-corrected chi connectivity index (χ2v) is 11.3. The maximum Gasteiger partial charge on any atom is 0.214 e. The first-order valence-electron chi connectivity index (χ1n) is 11.7. The number of hydrogen-bond donors (Lipinski definition) is 1. The number of thioether (sulfide) groups is 1. The lowest BCUT2D eigenvalue weighted by Crippen LogP contribution is -2.52. The van der Waals surface area contributed by atoms with Gasteiger partial charge in [0.25, 0.3) is 0 Å². The molecule has 0 unspecified atom stereocenters. The minimum atomic E-state index is -0.939. The lowest BCUT2D eigenvalue weighted by atomic mass is 9.67. The van der Waals surface area contributed by atoms with Gasteiger partial charge in [-0.25, -0.2) is 14.4 Å². The summed E-state index contributed by atoms with van der Waals surface area (Å²) >= 11 is 1.34. The number of fused-ring (bicyclic) bond motifs is 2. The predicted octanol–water partition coefficient (Wildman–Crippen LogP) is 5.91. The van der Waals surface area contributed by atoms with Crippen molar-refractivity contribution in [3.8, 4) is 28.3 Å². The summed E-state index contributed by atoms with van der Waals surface area (Å²) in [6.07, 6.45) is 6.13. The van der Waals surface area contributed by atoms with Crippen LogP contribution < -0.4 is 4.90 Å². The molecule has 4 atom stereocenters. The fourth-order valence-corrected chi connectivity index (χ4v) is 6.35. The number of halogens is 2. The standard InChI is InChI=1S/C26H29F2N5OS/c1-25-7-8-26(2,14-25)23(28)18(12-25)33(3)21-13-29-24(32-31-21)17-6-5-15(9-19(17)34)16-10-20(27)30-22(11-16)35-4/h5-6,9-11,13,18,23,34H,7-8,12,14H2,1-4H3/t18-,23-,25-,26-/m0/s1. The van der Waals surface area contributed by atoms with E-state index in [1.54, 1.807) is 30.5 Å². The number of nitrogens with zero attached hydrogens (tertiary/aromatic N) is 5. The number of pyridine rings is 1. The van der Waals surface area contributed by atoms with Crippen LogP contribution in [0.5, 0.6) is 5.75 Å². The number of benzene rings is 1. The fourth-order valence-electron chi connectivity index (χ4n) is 5.92. The molecule has 35 heavy (non-hydrogen) atoms. The van der Waals surface area contributed by atoms with Gasteiger partial charge in [0.05, 0.1) is 22.8 Å². The zero-order valence-electron chi connectivity index (χ0n) is 20.3. The monoisotopic (exact) mass is 497 g/mol. The van der Waals surface area contributed by atoms with Gasteiger partial charge in [0.2, 0.25) is 5.95 Å². The number of aromatic hydroxyl groups is 1. The number of aromatic nitrogens is 4. The lowest BCUT2D eigenvalue weighted by Gasteiger charge is -2.46. The van der Waals surface area contributed by atoms with Crippen LogP contribution in [-0.2, 0) is 0 Å². The SMILES string of the molecule is CSc1cc(-c2ccc(-c3ncc(N(C)[C@H]4C[C@]5(C)CC[C@@](C)(C5)[C@H]4F)nn3)c(O)c2)cc(F)n1. The molecule has 0 spiro atoms. The number of phenols is 1. The molecule has 2 heterocycles. The first kappa shape index (κ1) is 23.9. The summed E-state index contributed by atoms with van der Waals surface area (Å²) in [6, 6.07) is 7.81. The van der Waals surface area contributed by atoms with Crippen molar-refractivity contribution < 1.29 is 13.9 Å². The Kier molecular flexibility index (Phi) is 5.94. The van der Waals surface area contributed by atoms with Gasteiger partial charge in [-0.05, 0) is 66.7 Å². The van der Waals surface area contributed by atoms with Crippen LogP contribution in [0.4, 0.5) is 14.6 Å². The van der Waals surface area contributed by atoms with E-state index in [4.69, 9.17) is 0 Å². The maximum atomic E-state index is 15.5. The van der Waals surface area contributed by atoms with Crippen molar-refractivity contribution in [1.82, 2.24) is 20.2 Å². The Bertz CT molecular complexity index is 1260. The van der Waals surface area contributed by atoms with E-state index in [-0.39, 0.29) is 28.4 Å². The van der Waals surface area contributed by atoms with E-state index in [1.165, 1.54) is 17.8 Å². The fraction of sp³-hybridized carbons (Fsp3) is 0.462. The third kappa shape index (κ3) is 4.35.